The molecule has 1 unspecified atom stereocenters. The highest BCUT2D eigenvalue weighted by atomic mass is 35.5. The van der Waals surface area contributed by atoms with E-state index in [9.17, 15) is 5.11 Å². The molecule has 2 heterocycles. The lowest BCUT2D eigenvalue weighted by Crippen LogP contribution is -2.16. The number of rotatable bonds is 1. The van der Waals surface area contributed by atoms with Gasteiger partial charge in [0.1, 0.15) is 5.82 Å². The molecule has 0 radical (unpaired) electrons. The third-order valence-corrected chi connectivity index (χ3v) is 3.39. The molecule has 1 aromatic heterocycles. The summed E-state index contributed by atoms with van der Waals surface area (Å²) in [7, 11) is 0. The fraction of sp³-hybridized carbons (Fsp3) is 0.700. The van der Waals surface area contributed by atoms with Crippen LogP contribution in [0.1, 0.15) is 49.2 Å². The maximum Gasteiger partial charge on any atom is 0.153 e. The number of aromatic nitrogens is 2. The third kappa shape index (κ3) is 1.19. The van der Waals surface area contributed by atoms with Crippen LogP contribution in [0.15, 0.2) is 0 Å². The van der Waals surface area contributed by atoms with Crippen LogP contribution in [0.25, 0.3) is 0 Å². The van der Waals surface area contributed by atoms with Crippen molar-refractivity contribution in [2.24, 2.45) is 0 Å². The molecule has 1 aromatic rings. The van der Waals surface area contributed by atoms with E-state index in [1.165, 1.54) is 12.8 Å². The lowest BCUT2D eigenvalue weighted by Gasteiger charge is -2.21. The van der Waals surface area contributed by atoms with E-state index in [1.807, 2.05) is 0 Å². The predicted molar refractivity (Wildman–Crippen MR) is 53.4 cm³/mol. The highest BCUT2D eigenvalue weighted by molar-refractivity contribution is 6.30. The normalized spacial score (nSPS) is 26.3. The summed E-state index contributed by atoms with van der Waals surface area (Å²) in [5, 5.41) is 10.3. The van der Waals surface area contributed by atoms with Crippen molar-refractivity contribution in [1.82, 2.24) is 9.55 Å². The first-order valence-electron chi connectivity index (χ1n) is 5.21. The van der Waals surface area contributed by atoms with Gasteiger partial charge in [0.15, 0.2) is 5.15 Å². The van der Waals surface area contributed by atoms with Crippen molar-refractivity contribution in [2.75, 3.05) is 0 Å². The fourth-order valence-corrected chi connectivity index (χ4v) is 2.55. The molecule has 2 aliphatic rings. The highest BCUT2D eigenvalue weighted by Crippen LogP contribution is 2.43. The van der Waals surface area contributed by atoms with Crippen molar-refractivity contribution >= 4 is 11.6 Å². The van der Waals surface area contributed by atoms with E-state index < -0.39 is 6.10 Å². The Bertz CT molecular complexity index is 370. The average Bonchev–Trinajstić information content (AvgIpc) is 2.93. The van der Waals surface area contributed by atoms with Gasteiger partial charge in [0, 0.05) is 12.5 Å². The second-order valence-electron chi connectivity index (χ2n) is 4.23. The van der Waals surface area contributed by atoms with Gasteiger partial charge in [-0.1, -0.05) is 11.6 Å². The molecule has 1 atom stereocenters. The second kappa shape index (κ2) is 2.97. The van der Waals surface area contributed by atoms with Crippen LogP contribution in [0.4, 0.5) is 0 Å². The summed E-state index contributed by atoms with van der Waals surface area (Å²) < 4.78 is 2.13. The minimum atomic E-state index is -0.406. The molecule has 3 nitrogen and oxygen atoms in total. The van der Waals surface area contributed by atoms with Crippen LogP contribution in [-0.2, 0) is 6.54 Å². The molecule has 3 rings (SSSR count). The molecule has 0 aromatic carbocycles. The molecule has 0 saturated heterocycles. The molecule has 1 N–H and O–H groups in total. The van der Waals surface area contributed by atoms with Gasteiger partial charge in [-0.2, -0.15) is 0 Å². The van der Waals surface area contributed by atoms with Crippen molar-refractivity contribution in [3.8, 4) is 0 Å². The van der Waals surface area contributed by atoms with Crippen molar-refractivity contribution < 1.29 is 5.11 Å². The molecular weight excluding hydrogens is 200 g/mol. The number of aliphatic hydroxyl groups is 1. The lowest BCUT2D eigenvalue weighted by molar-refractivity contribution is 0.138. The first-order valence-corrected chi connectivity index (χ1v) is 5.59. The number of hydrogen-bond donors (Lipinski definition) is 1. The van der Waals surface area contributed by atoms with E-state index >= 15 is 0 Å². The molecule has 1 fully saturated rings. The van der Waals surface area contributed by atoms with Gasteiger partial charge >= 0.3 is 0 Å². The molecule has 0 bridgehead atoms. The minimum Gasteiger partial charge on any atom is -0.387 e. The largest absolute Gasteiger partial charge is 0.387 e. The summed E-state index contributed by atoms with van der Waals surface area (Å²) in [6, 6.07) is 0. The lowest BCUT2D eigenvalue weighted by atomic mass is 10.1. The molecule has 4 heteroatoms. The third-order valence-electron chi connectivity index (χ3n) is 3.11. The van der Waals surface area contributed by atoms with E-state index in [1.54, 1.807) is 0 Å². The van der Waals surface area contributed by atoms with Gasteiger partial charge in [0.25, 0.3) is 0 Å². The Balaban J connectivity index is 2.11. The Labute approximate surface area is 87.7 Å². The molecule has 1 saturated carbocycles. The number of nitrogens with zero attached hydrogens (tertiary/aromatic N) is 2. The van der Waals surface area contributed by atoms with Crippen LogP contribution in [-0.4, -0.2) is 14.7 Å². The Morgan fingerprint density at radius 2 is 2.14 bits per heavy atom. The number of aliphatic hydroxyl groups excluding tert-OH is 1. The zero-order valence-electron chi connectivity index (χ0n) is 7.91. The van der Waals surface area contributed by atoms with Crippen LogP contribution in [0.2, 0.25) is 5.15 Å². The topological polar surface area (TPSA) is 38.0 Å². The molecule has 0 amide bonds. The maximum absolute atomic E-state index is 9.81. The van der Waals surface area contributed by atoms with Gasteiger partial charge in [0.2, 0.25) is 0 Å². The van der Waals surface area contributed by atoms with Gasteiger partial charge in [-0.25, -0.2) is 4.98 Å². The van der Waals surface area contributed by atoms with Crippen LogP contribution in [0.5, 0.6) is 0 Å². The SMILES string of the molecule is OC1CCCn2c(C3CC3)nc(Cl)c21. The van der Waals surface area contributed by atoms with E-state index in [-0.39, 0.29) is 0 Å². The standard InChI is InChI=1S/C10H13ClN2O/c11-9-8-7(14)2-1-5-13(8)10(12-9)6-3-4-6/h6-7,14H,1-5H2. The summed E-state index contributed by atoms with van der Waals surface area (Å²) in [6.07, 6.45) is 3.89. The van der Waals surface area contributed by atoms with E-state index in [2.05, 4.69) is 9.55 Å². The molecule has 0 spiro atoms. The first-order chi connectivity index (χ1) is 6.77. The highest BCUT2D eigenvalue weighted by Gasteiger charge is 2.33. The predicted octanol–water partition coefficient (Wildman–Crippen LogP) is 2.24. The first kappa shape index (κ1) is 8.74. The summed E-state index contributed by atoms with van der Waals surface area (Å²) in [5.74, 6) is 1.70. The fourth-order valence-electron chi connectivity index (χ4n) is 2.24. The van der Waals surface area contributed by atoms with Crippen LogP contribution < -0.4 is 0 Å². The van der Waals surface area contributed by atoms with E-state index in [0.717, 1.165) is 30.9 Å². The zero-order valence-corrected chi connectivity index (χ0v) is 8.67. The maximum atomic E-state index is 9.81. The summed E-state index contributed by atoms with van der Waals surface area (Å²) in [5.41, 5.74) is 0.847. The molecular formula is C10H13ClN2O. The monoisotopic (exact) mass is 212 g/mol. The Hall–Kier alpha value is -0.540. The molecule has 1 aliphatic carbocycles. The molecule has 14 heavy (non-hydrogen) atoms. The quantitative estimate of drug-likeness (QED) is 0.776. The van der Waals surface area contributed by atoms with Crippen molar-refractivity contribution in [2.45, 2.75) is 44.2 Å². The number of imidazole rings is 1. The second-order valence-corrected chi connectivity index (χ2v) is 4.59. The number of hydrogen-bond acceptors (Lipinski definition) is 2. The van der Waals surface area contributed by atoms with Gasteiger partial charge < -0.3 is 9.67 Å². The van der Waals surface area contributed by atoms with E-state index in [4.69, 9.17) is 11.6 Å². The van der Waals surface area contributed by atoms with Crippen LogP contribution >= 0.6 is 11.6 Å². The van der Waals surface area contributed by atoms with Gasteiger partial charge in [0.05, 0.1) is 11.8 Å². The van der Waals surface area contributed by atoms with Crippen molar-refractivity contribution in [1.29, 1.82) is 0 Å². The van der Waals surface area contributed by atoms with Crippen molar-refractivity contribution in [3.63, 3.8) is 0 Å². The Kier molecular flexibility index (Phi) is 1.86. The van der Waals surface area contributed by atoms with Gasteiger partial charge in [-0.3, -0.25) is 0 Å². The minimum absolute atomic E-state index is 0.406. The summed E-state index contributed by atoms with van der Waals surface area (Å²) >= 11 is 6.04. The Morgan fingerprint density at radius 1 is 1.36 bits per heavy atom. The Morgan fingerprint density at radius 3 is 2.86 bits per heavy atom. The van der Waals surface area contributed by atoms with Crippen LogP contribution in [0, 0.1) is 0 Å². The van der Waals surface area contributed by atoms with Gasteiger partial charge in [-0.15, -0.1) is 0 Å². The smallest absolute Gasteiger partial charge is 0.153 e. The van der Waals surface area contributed by atoms with Crippen LogP contribution in [0.3, 0.4) is 0 Å². The average molecular weight is 213 g/mol. The summed E-state index contributed by atoms with van der Waals surface area (Å²) in [4.78, 5) is 4.37. The summed E-state index contributed by atoms with van der Waals surface area (Å²) in [6.45, 7) is 0.970. The zero-order chi connectivity index (χ0) is 9.71. The van der Waals surface area contributed by atoms with E-state index in [0.29, 0.717) is 11.1 Å². The number of fused-ring (bicyclic) bond motifs is 1. The molecule has 76 valence electrons. The number of halogens is 1. The molecule has 1 aliphatic heterocycles. The van der Waals surface area contributed by atoms with Gasteiger partial charge in [-0.05, 0) is 25.7 Å². The van der Waals surface area contributed by atoms with Crippen molar-refractivity contribution in [3.05, 3.63) is 16.7 Å².